The number of carbonyl (C=O) groups excluding carboxylic acids is 2. The van der Waals surface area contributed by atoms with Gasteiger partial charge in [0.15, 0.2) is 0 Å². The first-order valence-corrected chi connectivity index (χ1v) is 8.97. The highest BCUT2D eigenvalue weighted by Crippen LogP contribution is 2.14. The van der Waals surface area contributed by atoms with Crippen LogP contribution in [0.1, 0.15) is 50.4 Å². The number of nitrogens with zero attached hydrogens (tertiary/aromatic N) is 2. The van der Waals surface area contributed by atoms with Gasteiger partial charge in [-0.3, -0.25) is 9.78 Å². The van der Waals surface area contributed by atoms with Crippen LogP contribution >= 0.6 is 0 Å². The first-order chi connectivity index (χ1) is 12.0. The highest BCUT2D eigenvalue weighted by Gasteiger charge is 2.24. The van der Waals surface area contributed by atoms with Crippen molar-refractivity contribution in [3.05, 3.63) is 24.0 Å². The number of nitrogens with one attached hydrogen (secondary N) is 2. The first-order valence-electron chi connectivity index (χ1n) is 8.97. The minimum absolute atomic E-state index is 0.0596. The summed E-state index contributed by atoms with van der Waals surface area (Å²) in [4.78, 5) is 30.0. The summed E-state index contributed by atoms with van der Waals surface area (Å²) >= 11 is 0. The second kappa shape index (κ2) is 9.25. The Morgan fingerprint density at radius 2 is 2.04 bits per heavy atom. The predicted octanol–water partition coefficient (Wildman–Crippen LogP) is 2.64. The maximum atomic E-state index is 12.5. The molecule has 2 rings (SSSR count). The number of likely N-dealkylation sites (tertiary alicyclic amines) is 1. The van der Waals surface area contributed by atoms with Crippen molar-refractivity contribution in [2.75, 3.05) is 25.0 Å². The zero-order valence-corrected chi connectivity index (χ0v) is 15.2. The van der Waals surface area contributed by atoms with Crippen LogP contribution in [-0.2, 0) is 4.74 Å². The van der Waals surface area contributed by atoms with Crippen molar-refractivity contribution < 1.29 is 14.3 Å². The minimum Gasteiger partial charge on any atom is -0.450 e. The van der Waals surface area contributed by atoms with E-state index in [-0.39, 0.29) is 18.0 Å². The van der Waals surface area contributed by atoms with Gasteiger partial charge in [0.25, 0.3) is 5.91 Å². The standard InChI is InChI=1S/C18H28N4O3/c1-4-13(3)20-16-10-14(11-19-12-16)17(23)21-15-6-8-22(9-7-15)18(24)25-5-2/h10-13,15,20H,4-9H2,1-3H3,(H,21,23). The van der Waals surface area contributed by atoms with Crippen LogP contribution in [0.15, 0.2) is 18.5 Å². The molecule has 1 aromatic heterocycles. The monoisotopic (exact) mass is 348 g/mol. The molecule has 0 aromatic carbocycles. The van der Waals surface area contributed by atoms with Crippen molar-refractivity contribution in [3.63, 3.8) is 0 Å². The van der Waals surface area contributed by atoms with Crippen molar-refractivity contribution >= 4 is 17.7 Å². The van der Waals surface area contributed by atoms with E-state index in [2.05, 4.69) is 29.5 Å². The van der Waals surface area contributed by atoms with Gasteiger partial charge >= 0.3 is 6.09 Å². The van der Waals surface area contributed by atoms with E-state index in [1.807, 2.05) is 6.07 Å². The van der Waals surface area contributed by atoms with Gasteiger partial charge in [0.2, 0.25) is 0 Å². The molecule has 7 heteroatoms. The summed E-state index contributed by atoms with van der Waals surface area (Å²) in [6.45, 7) is 7.55. The first kappa shape index (κ1) is 19.0. The number of carbonyl (C=O) groups is 2. The summed E-state index contributed by atoms with van der Waals surface area (Å²) in [7, 11) is 0. The Balaban J connectivity index is 1.86. The molecule has 25 heavy (non-hydrogen) atoms. The number of hydrogen-bond acceptors (Lipinski definition) is 5. The molecule has 138 valence electrons. The van der Waals surface area contributed by atoms with Crippen molar-refractivity contribution in [1.82, 2.24) is 15.2 Å². The van der Waals surface area contributed by atoms with E-state index in [0.717, 1.165) is 24.9 Å². The van der Waals surface area contributed by atoms with Gasteiger partial charge in [-0.25, -0.2) is 4.79 Å². The topological polar surface area (TPSA) is 83.6 Å². The molecule has 1 aromatic rings. The number of piperidine rings is 1. The fourth-order valence-electron chi connectivity index (χ4n) is 2.72. The van der Waals surface area contributed by atoms with Gasteiger partial charge < -0.3 is 20.3 Å². The molecule has 1 aliphatic heterocycles. The average Bonchev–Trinajstić information content (AvgIpc) is 2.62. The summed E-state index contributed by atoms with van der Waals surface area (Å²) in [5.41, 5.74) is 1.39. The molecule has 2 N–H and O–H groups in total. The van der Waals surface area contributed by atoms with Crippen molar-refractivity contribution in [1.29, 1.82) is 0 Å². The molecule has 0 saturated carbocycles. The molecule has 2 amide bonds. The Morgan fingerprint density at radius 3 is 2.68 bits per heavy atom. The maximum absolute atomic E-state index is 12.5. The van der Waals surface area contributed by atoms with E-state index in [0.29, 0.717) is 31.3 Å². The molecule has 1 aliphatic rings. The van der Waals surface area contributed by atoms with Gasteiger partial charge in [0, 0.05) is 37.6 Å². The van der Waals surface area contributed by atoms with Crippen molar-refractivity contribution in [2.24, 2.45) is 0 Å². The van der Waals surface area contributed by atoms with Gasteiger partial charge in [-0.15, -0.1) is 0 Å². The number of pyridine rings is 1. The second-order valence-electron chi connectivity index (χ2n) is 6.35. The lowest BCUT2D eigenvalue weighted by molar-refractivity contribution is 0.0860. The van der Waals surface area contributed by atoms with E-state index in [9.17, 15) is 9.59 Å². The fraction of sp³-hybridized carbons (Fsp3) is 0.611. The number of rotatable bonds is 6. The van der Waals surface area contributed by atoms with Crippen LogP contribution in [0.2, 0.25) is 0 Å². The zero-order valence-electron chi connectivity index (χ0n) is 15.2. The molecule has 0 radical (unpaired) electrons. The quantitative estimate of drug-likeness (QED) is 0.826. The second-order valence-corrected chi connectivity index (χ2v) is 6.35. The Hall–Kier alpha value is -2.31. The molecule has 2 heterocycles. The molecule has 1 atom stereocenters. The summed E-state index contributed by atoms with van der Waals surface area (Å²) < 4.78 is 5.01. The Morgan fingerprint density at radius 1 is 1.32 bits per heavy atom. The molecule has 1 unspecified atom stereocenters. The lowest BCUT2D eigenvalue weighted by Crippen LogP contribution is -2.46. The zero-order chi connectivity index (χ0) is 18.2. The van der Waals surface area contributed by atoms with E-state index in [4.69, 9.17) is 4.74 Å². The predicted molar refractivity (Wildman–Crippen MR) is 96.7 cm³/mol. The molecular formula is C18H28N4O3. The summed E-state index contributed by atoms with van der Waals surface area (Å²) in [5, 5.41) is 6.36. The van der Waals surface area contributed by atoms with Gasteiger partial charge in [0.05, 0.1) is 17.9 Å². The number of aromatic nitrogens is 1. The Labute approximate surface area is 149 Å². The smallest absolute Gasteiger partial charge is 0.409 e. The fourth-order valence-corrected chi connectivity index (χ4v) is 2.72. The van der Waals surface area contributed by atoms with Crippen LogP contribution in [-0.4, -0.2) is 53.7 Å². The van der Waals surface area contributed by atoms with E-state index in [1.54, 1.807) is 24.2 Å². The lowest BCUT2D eigenvalue weighted by Gasteiger charge is -2.31. The third kappa shape index (κ3) is 5.62. The van der Waals surface area contributed by atoms with E-state index < -0.39 is 0 Å². The molecule has 0 bridgehead atoms. The molecule has 0 spiro atoms. The van der Waals surface area contributed by atoms with Crippen LogP contribution in [0.5, 0.6) is 0 Å². The third-order valence-corrected chi connectivity index (χ3v) is 4.38. The SMILES string of the molecule is CCOC(=O)N1CCC(NC(=O)c2cncc(NC(C)CC)c2)CC1. The summed E-state index contributed by atoms with van der Waals surface area (Å²) in [5.74, 6) is -0.130. The highest BCUT2D eigenvalue weighted by atomic mass is 16.6. The number of amides is 2. The van der Waals surface area contributed by atoms with Crippen LogP contribution in [0, 0.1) is 0 Å². The van der Waals surface area contributed by atoms with Gasteiger partial charge in [-0.1, -0.05) is 6.92 Å². The third-order valence-electron chi connectivity index (χ3n) is 4.38. The van der Waals surface area contributed by atoms with Gasteiger partial charge in [0.1, 0.15) is 0 Å². The molecular weight excluding hydrogens is 320 g/mol. The molecule has 1 saturated heterocycles. The van der Waals surface area contributed by atoms with Crippen molar-refractivity contribution in [3.8, 4) is 0 Å². The Kier molecular flexibility index (Phi) is 7.03. The maximum Gasteiger partial charge on any atom is 0.409 e. The van der Waals surface area contributed by atoms with Crippen LogP contribution in [0.3, 0.4) is 0 Å². The normalized spacial score (nSPS) is 16.2. The van der Waals surface area contributed by atoms with Crippen LogP contribution in [0.25, 0.3) is 0 Å². The lowest BCUT2D eigenvalue weighted by atomic mass is 10.0. The number of ether oxygens (including phenoxy) is 1. The Bertz CT molecular complexity index is 585. The minimum atomic E-state index is -0.278. The largest absolute Gasteiger partial charge is 0.450 e. The van der Waals surface area contributed by atoms with E-state index in [1.165, 1.54) is 0 Å². The molecule has 1 fully saturated rings. The highest BCUT2D eigenvalue weighted by molar-refractivity contribution is 5.94. The van der Waals surface area contributed by atoms with E-state index >= 15 is 0 Å². The number of anilines is 1. The molecule has 7 nitrogen and oxygen atoms in total. The summed E-state index contributed by atoms with van der Waals surface area (Å²) in [6, 6.07) is 2.21. The van der Waals surface area contributed by atoms with Crippen LogP contribution in [0.4, 0.5) is 10.5 Å². The number of hydrogen-bond donors (Lipinski definition) is 2. The van der Waals surface area contributed by atoms with Crippen LogP contribution < -0.4 is 10.6 Å². The van der Waals surface area contributed by atoms with Gasteiger partial charge in [-0.2, -0.15) is 0 Å². The summed E-state index contributed by atoms with van der Waals surface area (Å²) in [6.07, 6.45) is 5.47. The van der Waals surface area contributed by atoms with Crippen molar-refractivity contribution in [2.45, 2.75) is 52.1 Å². The average molecular weight is 348 g/mol. The molecule has 0 aliphatic carbocycles. The van der Waals surface area contributed by atoms with Gasteiger partial charge in [-0.05, 0) is 39.2 Å².